The molecule has 0 aromatic heterocycles. The first-order chi connectivity index (χ1) is 11.5. The van der Waals surface area contributed by atoms with Crippen LogP contribution in [0.4, 0.5) is 0 Å². The second-order valence-electron chi connectivity index (χ2n) is 5.55. The van der Waals surface area contributed by atoms with E-state index < -0.39 is 11.8 Å². The van der Waals surface area contributed by atoms with Crippen LogP contribution in [-0.2, 0) is 11.2 Å². The Kier molecular flexibility index (Phi) is 4.99. The molecule has 0 aliphatic carbocycles. The van der Waals surface area contributed by atoms with Crippen LogP contribution in [0.15, 0.2) is 47.6 Å². The summed E-state index contributed by atoms with van der Waals surface area (Å²) in [6.45, 7) is 0. The summed E-state index contributed by atoms with van der Waals surface area (Å²) in [7, 11) is 0. The first-order valence-electron chi connectivity index (χ1n) is 7.26. The van der Waals surface area contributed by atoms with E-state index >= 15 is 0 Å². The van der Waals surface area contributed by atoms with Crippen molar-refractivity contribution in [3.05, 3.63) is 68.7 Å². The van der Waals surface area contributed by atoms with Gasteiger partial charge in [-0.3, -0.25) is 4.79 Å². The molecule has 3 N–H and O–H groups in total. The highest BCUT2D eigenvalue weighted by molar-refractivity contribution is 6.35. The molecule has 0 spiro atoms. The zero-order valence-electron chi connectivity index (χ0n) is 12.5. The lowest BCUT2D eigenvalue weighted by Crippen LogP contribution is -2.35. The van der Waals surface area contributed by atoms with Crippen LogP contribution in [0.2, 0.25) is 15.1 Å². The van der Waals surface area contributed by atoms with E-state index in [4.69, 9.17) is 40.5 Å². The SMILES string of the molecule is NC(=O)C1C(Cc2ccc(Cl)cc2Cl)=NNC1c1ccc(Cl)cc1. The quantitative estimate of drug-likeness (QED) is 0.839. The molecule has 124 valence electrons. The smallest absolute Gasteiger partial charge is 0.228 e. The van der Waals surface area contributed by atoms with Crippen molar-refractivity contribution >= 4 is 46.4 Å². The number of nitrogens with two attached hydrogens (primary N) is 1. The molecule has 24 heavy (non-hydrogen) atoms. The van der Waals surface area contributed by atoms with Crippen molar-refractivity contribution < 1.29 is 4.79 Å². The Bertz CT molecular complexity index is 805. The lowest BCUT2D eigenvalue weighted by atomic mass is 9.87. The van der Waals surface area contributed by atoms with Crippen molar-refractivity contribution in [2.75, 3.05) is 0 Å². The number of nitrogens with zero attached hydrogens (tertiary/aromatic N) is 1. The number of carbonyl (C=O) groups excluding carboxylic acids is 1. The fraction of sp³-hybridized carbons (Fsp3) is 0.176. The van der Waals surface area contributed by atoms with Gasteiger partial charge in [0.2, 0.25) is 5.91 Å². The van der Waals surface area contributed by atoms with Crippen LogP contribution in [0.1, 0.15) is 17.2 Å². The van der Waals surface area contributed by atoms with Gasteiger partial charge in [0, 0.05) is 21.5 Å². The van der Waals surface area contributed by atoms with Crippen LogP contribution in [0.5, 0.6) is 0 Å². The maximum atomic E-state index is 12.0. The van der Waals surface area contributed by atoms with E-state index in [2.05, 4.69) is 10.5 Å². The van der Waals surface area contributed by atoms with E-state index in [1.54, 1.807) is 24.3 Å². The molecule has 1 heterocycles. The summed E-state index contributed by atoms with van der Waals surface area (Å²) in [5, 5.41) is 6.03. The van der Waals surface area contributed by atoms with Crippen LogP contribution in [-0.4, -0.2) is 11.6 Å². The average Bonchev–Trinajstić information content (AvgIpc) is 2.94. The molecule has 7 heteroatoms. The highest BCUT2D eigenvalue weighted by atomic mass is 35.5. The number of rotatable bonds is 4. The first kappa shape index (κ1) is 17.1. The highest BCUT2D eigenvalue weighted by Crippen LogP contribution is 2.31. The predicted molar refractivity (Wildman–Crippen MR) is 97.6 cm³/mol. The van der Waals surface area contributed by atoms with Gasteiger partial charge in [0.05, 0.1) is 11.8 Å². The molecule has 1 aliphatic rings. The average molecular weight is 383 g/mol. The molecule has 0 fully saturated rings. The number of benzene rings is 2. The summed E-state index contributed by atoms with van der Waals surface area (Å²) in [4.78, 5) is 12.0. The standard InChI is InChI=1S/C17H14Cl3N3O/c18-11-4-1-9(2-5-11)16-15(17(21)24)14(22-23-16)7-10-3-6-12(19)8-13(10)20/h1-6,8,15-16,23H,7H2,(H2,21,24). The van der Waals surface area contributed by atoms with E-state index in [0.717, 1.165) is 11.1 Å². The van der Waals surface area contributed by atoms with Crippen LogP contribution in [0, 0.1) is 5.92 Å². The van der Waals surface area contributed by atoms with E-state index in [-0.39, 0.29) is 6.04 Å². The van der Waals surface area contributed by atoms with Gasteiger partial charge in [-0.25, -0.2) is 0 Å². The molecular formula is C17H14Cl3N3O. The number of halogens is 3. The van der Waals surface area contributed by atoms with E-state index in [9.17, 15) is 4.79 Å². The van der Waals surface area contributed by atoms with Gasteiger partial charge in [-0.05, 0) is 35.4 Å². The van der Waals surface area contributed by atoms with E-state index in [1.807, 2.05) is 18.2 Å². The van der Waals surface area contributed by atoms with Gasteiger partial charge < -0.3 is 11.2 Å². The molecule has 4 nitrogen and oxygen atoms in total. The maximum absolute atomic E-state index is 12.0. The lowest BCUT2D eigenvalue weighted by Gasteiger charge is -2.18. The fourth-order valence-electron chi connectivity index (χ4n) is 2.76. The Morgan fingerprint density at radius 3 is 2.38 bits per heavy atom. The number of carbonyl (C=O) groups is 1. The Hall–Kier alpha value is -1.75. The molecule has 1 amide bonds. The molecule has 0 saturated carbocycles. The lowest BCUT2D eigenvalue weighted by molar-refractivity contribution is -0.120. The molecule has 0 radical (unpaired) electrons. The van der Waals surface area contributed by atoms with Gasteiger partial charge in [0.25, 0.3) is 0 Å². The normalized spacial score (nSPS) is 19.7. The molecule has 2 aromatic carbocycles. The van der Waals surface area contributed by atoms with Crippen molar-refractivity contribution in [2.45, 2.75) is 12.5 Å². The van der Waals surface area contributed by atoms with Gasteiger partial charge in [-0.15, -0.1) is 0 Å². The zero-order valence-corrected chi connectivity index (χ0v) is 14.7. The summed E-state index contributed by atoms with van der Waals surface area (Å²) < 4.78 is 0. The third-order valence-electron chi connectivity index (χ3n) is 3.96. The number of hydrogen-bond acceptors (Lipinski definition) is 3. The Morgan fingerprint density at radius 2 is 1.75 bits per heavy atom. The number of primary amides is 1. The minimum Gasteiger partial charge on any atom is -0.369 e. The van der Waals surface area contributed by atoms with Crippen molar-refractivity contribution in [3.8, 4) is 0 Å². The summed E-state index contributed by atoms with van der Waals surface area (Å²) in [5.41, 5.74) is 11.0. The molecule has 2 unspecified atom stereocenters. The van der Waals surface area contributed by atoms with Gasteiger partial charge in [-0.2, -0.15) is 5.10 Å². The third-order valence-corrected chi connectivity index (χ3v) is 4.80. The van der Waals surface area contributed by atoms with Gasteiger partial charge in [-0.1, -0.05) is 53.0 Å². The van der Waals surface area contributed by atoms with Gasteiger partial charge >= 0.3 is 0 Å². The molecule has 1 aliphatic heterocycles. The van der Waals surface area contributed by atoms with Crippen LogP contribution >= 0.6 is 34.8 Å². The van der Waals surface area contributed by atoms with Crippen molar-refractivity contribution in [1.29, 1.82) is 0 Å². The Labute approximate surface area is 154 Å². The number of hydrogen-bond donors (Lipinski definition) is 2. The monoisotopic (exact) mass is 381 g/mol. The molecule has 3 rings (SSSR count). The van der Waals surface area contributed by atoms with Crippen LogP contribution < -0.4 is 11.2 Å². The van der Waals surface area contributed by atoms with Crippen LogP contribution in [0.3, 0.4) is 0 Å². The maximum Gasteiger partial charge on any atom is 0.228 e. The minimum absolute atomic E-state index is 0.319. The van der Waals surface area contributed by atoms with Crippen molar-refractivity contribution in [3.63, 3.8) is 0 Å². The van der Waals surface area contributed by atoms with Crippen LogP contribution in [0.25, 0.3) is 0 Å². The summed E-state index contributed by atoms with van der Waals surface area (Å²) in [6.07, 6.45) is 0.417. The number of nitrogens with one attached hydrogen (secondary N) is 1. The van der Waals surface area contributed by atoms with Gasteiger partial charge in [0.1, 0.15) is 5.92 Å². The highest BCUT2D eigenvalue weighted by Gasteiger charge is 2.37. The molecule has 2 atom stereocenters. The number of amides is 1. The zero-order chi connectivity index (χ0) is 17.3. The van der Waals surface area contributed by atoms with E-state index in [1.165, 1.54) is 0 Å². The fourth-order valence-corrected chi connectivity index (χ4v) is 3.37. The Balaban J connectivity index is 1.86. The third kappa shape index (κ3) is 3.51. The summed E-state index contributed by atoms with van der Waals surface area (Å²) in [6, 6.07) is 12.2. The number of hydrazone groups is 1. The second kappa shape index (κ2) is 7.01. The topological polar surface area (TPSA) is 67.5 Å². The Morgan fingerprint density at radius 1 is 1.08 bits per heavy atom. The molecule has 0 bridgehead atoms. The van der Waals surface area contributed by atoms with Gasteiger partial charge in [0.15, 0.2) is 0 Å². The minimum atomic E-state index is -0.557. The largest absolute Gasteiger partial charge is 0.369 e. The molecular weight excluding hydrogens is 369 g/mol. The van der Waals surface area contributed by atoms with Crippen molar-refractivity contribution in [1.82, 2.24) is 5.43 Å². The molecule has 0 saturated heterocycles. The molecule has 2 aromatic rings. The van der Waals surface area contributed by atoms with Crippen molar-refractivity contribution in [2.24, 2.45) is 16.8 Å². The summed E-state index contributed by atoms with van der Waals surface area (Å²) in [5.74, 6) is -0.998. The first-order valence-corrected chi connectivity index (χ1v) is 8.40. The summed E-state index contributed by atoms with van der Waals surface area (Å²) >= 11 is 18.0. The predicted octanol–water partition coefficient (Wildman–Crippen LogP) is 3.99. The second-order valence-corrected chi connectivity index (χ2v) is 6.83. The van der Waals surface area contributed by atoms with E-state index in [0.29, 0.717) is 27.2 Å².